The van der Waals surface area contributed by atoms with E-state index >= 15 is 0 Å². The summed E-state index contributed by atoms with van der Waals surface area (Å²) >= 11 is 0. The molecule has 1 aliphatic heterocycles. The highest BCUT2D eigenvalue weighted by Gasteiger charge is 2.18. The standard InChI is InChI=1S/C11H13N3O2/c1-6-4-10(15)14-9-5-7(11(12)16)2-3-8(9)13-6/h2-3,5-6,13H,4H2,1H3,(H2,12,16)(H,14,15). The number of hydrogen-bond acceptors (Lipinski definition) is 3. The number of anilines is 2. The molecule has 0 bridgehead atoms. The van der Waals surface area contributed by atoms with Crippen LogP contribution in [-0.2, 0) is 4.79 Å². The fourth-order valence-electron chi connectivity index (χ4n) is 1.72. The number of nitrogens with one attached hydrogen (secondary N) is 2. The zero-order valence-corrected chi connectivity index (χ0v) is 8.91. The third-order valence-corrected chi connectivity index (χ3v) is 2.47. The number of rotatable bonds is 1. The normalized spacial score (nSPS) is 19.1. The lowest BCUT2D eigenvalue weighted by atomic mass is 10.1. The van der Waals surface area contributed by atoms with Crippen molar-refractivity contribution in [1.82, 2.24) is 0 Å². The van der Waals surface area contributed by atoms with Crippen LogP contribution in [0.4, 0.5) is 11.4 Å². The predicted octanol–water partition coefficient (Wildman–Crippen LogP) is 0.928. The Morgan fingerprint density at radius 1 is 1.44 bits per heavy atom. The minimum absolute atomic E-state index is 0.0691. The van der Waals surface area contributed by atoms with E-state index in [0.717, 1.165) is 5.69 Å². The van der Waals surface area contributed by atoms with Crippen LogP contribution in [0, 0.1) is 0 Å². The van der Waals surface area contributed by atoms with E-state index in [1.807, 2.05) is 6.92 Å². The highest BCUT2D eigenvalue weighted by atomic mass is 16.2. The molecule has 1 unspecified atom stereocenters. The Bertz CT molecular complexity index is 457. The molecule has 1 aromatic carbocycles. The van der Waals surface area contributed by atoms with Crippen molar-refractivity contribution >= 4 is 23.2 Å². The van der Waals surface area contributed by atoms with Gasteiger partial charge < -0.3 is 16.4 Å². The Balaban J connectivity index is 2.42. The maximum Gasteiger partial charge on any atom is 0.248 e. The summed E-state index contributed by atoms with van der Waals surface area (Å²) in [4.78, 5) is 22.5. The summed E-state index contributed by atoms with van der Waals surface area (Å²) in [6.45, 7) is 1.93. The van der Waals surface area contributed by atoms with Gasteiger partial charge in [-0.25, -0.2) is 0 Å². The second-order valence-electron chi connectivity index (χ2n) is 3.92. The van der Waals surface area contributed by atoms with Gasteiger partial charge in [0.05, 0.1) is 11.4 Å². The molecule has 0 radical (unpaired) electrons. The molecule has 1 aliphatic rings. The van der Waals surface area contributed by atoms with Crippen LogP contribution in [0.3, 0.4) is 0 Å². The van der Waals surface area contributed by atoms with E-state index < -0.39 is 5.91 Å². The molecular weight excluding hydrogens is 206 g/mol. The number of carbonyl (C=O) groups excluding carboxylic acids is 2. The van der Waals surface area contributed by atoms with Gasteiger partial charge in [0, 0.05) is 18.0 Å². The van der Waals surface area contributed by atoms with Gasteiger partial charge >= 0.3 is 0 Å². The second kappa shape index (κ2) is 3.84. The predicted molar refractivity (Wildman–Crippen MR) is 61.3 cm³/mol. The van der Waals surface area contributed by atoms with Crippen molar-refractivity contribution in [3.63, 3.8) is 0 Å². The summed E-state index contributed by atoms with van der Waals surface area (Å²) in [5.74, 6) is -0.574. The SMILES string of the molecule is CC1CC(=O)Nc2cc(C(N)=O)ccc2N1. The van der Waals surface area contributed by atoms with E-state index in [1.165, 1.54) is 0 Å². The van der Waals surface area contributed by atoms with E-state index in [4.69, 9.17) is 5.73 Å². The molecule has 0 spiro atoms. The molecule has 4 N–H and O–H groups in total. The smallest absolute Gasteiger partial charge is 0.248 e. The summed E-state index contributed by atoms with van der Waals surface area (Å²) in [6.07, 6.45) is 0.403. The summed E-state index contributed by atoms with van der Waals surface area (Å²) in [6, 6.07) is 5.04. The third kappa shape index (κ3) is 1.98. The molecule has 1 aromatic rings. The van der Waals surface area contributed by atoms with Crippen LogP contribution in [-0.4, -0.2) is 17.9 Å². The van der Waals surface area contributed by atoms with E-state index in [0.29, 0.717) is 17.7 Å². The topological polar surface area (TPSA) is 84.2 Å². The molecule has 0 saturated carbocycles. The highest BCUT2D eigenvalue weighted by molar-refractivity contribution is 6.00. The number of benzene rings is 1. The maximum atomic E-state index is 11.5. The van der Waals surface area contributed by atoms with Gasteiger partial charge in [-0.2, -0.15) is 0 Å². The molecule has 0 saturated heterocycles. The molecule has 2 rings (SSSR count). The summed E-state index contributed by atoms with van der Waals surface area (Å²) in [5, 5.41) is 5.92. The zero-order valence-electron chi connectivity index (χ0n) is 8.91. The van der Waals surface area contributed by atoms with Gasteiger partial charge in [0.2, 0.25) is 11.8 Å². The van der Waals surface area contributed by atoms with Gasteiger partial charge in [0.1, 0.15) is 0 Å². The largest absolute Gasteiger partial charge is 0.380 e. The minimum Gasteiger partial charge on any atom is -0.380 e. The molecule has 84 valence electrons. The number of fused-ring (bicyclic) bond motifs is 1. The first kappa shape index (κ1) is 10.5. The van der Waals surface area contributed by atoms with Crippen molar-refractivity contribution in [1.29, 1.82) is 0 Å². The Labute approximate surface area is 93.0 Å². The number of amides is 2. The number of carbonyl (C=O) groups is 2. The van der Waals surface area contributed by atoms with E-state index in [1.54, 1.807) is 18.2 Å². The first-order valence-corrected chi connectivity index (χ1v) is 5.06. The van der Waals surface area contributed by atoms with Gasteiger partial charge in [-0.15, -0.1) is 0 Å². The first-order valence-electron chi connectivity index (χ1n) is 5.06. The lowest BCUT2D eigenvalue weighted by Gasteiger charge is -2.11. The van der Waals surface area contributed by atoms with Gasteiger partial charge in [-0.05, 0) is 25.1 Å². The van der Waals surface area contributed by atoms with E-state index in [9.17, 15) is 9.59 Å². The Morgan fingerprint density at radius 3 is 2.88 bits per heavy atom. The summed E-state index contributed by atoms with van der Waals surface area (Å²) in [7, 11) is 0. The van der Waals surface area contributed by atoms with E-state index in [2.05, 4.69) is 10.6 Å². The van der Waals surface area contributed by atoms with Crippen LogP contribution in [0.25, 0.3) is 0 Å². The van der Waals surface area contributed by atoms with E-state index in [-0.39, 0.29) is 11.9 Å². The molecule has 0 aromatic heterocycles. The highest BCUT2D eigenvalue weighted by Crippen LogP contribution is 2.26. The van der Waals surface area contributed by atoms with Crippen LogP contribution >= 0.6 is 0 Å². The molecule has 16 heavy (non-hydrogen) atoms. The monoisotopic (exact) mass is 219 g/mol. The van der Waals surface area contributed by atoms with Gasteiger partial charge in [-0.1, -0.05) is 0 Å². The van der Waals surface area contributed by atoms with Crippen LogP contribution in [0.1, 0.15) is 23.7 Å². The molecule has 2 amide bonds. The van der Waals surface area contributed by atoms with Crippen LogP contribution in [0.5, 0.6) is 0 Å². The molecule has 5 heteroatoms. The number of hydrogen-bond donors (Lipinski definition) is 3. The molecule has 0 aliphatic carbocycles. The zero-order chi connectivity index (χ0) is 11.7. The fourth-order valence-corrected chi connectivity index (χ4v) is 1.72. The molecule has 1 heterocycles. The van der Waals surface area contributed by atoms with Crippen molar-refractivity contribution < 1.29 is 9.59 Å². The maximum absolute atomic E-state index is 11.5. The summed E-state index contributed by atoms with van der Waals surface area (Å²) in [5.41, 5.74) is 6.97. The number of primary amides is 1. The van der Waals surface area contributed by atoms with Crippen molar-refractivity contribution in [2.24, 2.45) is 5.73 Å². The Kier molecular flexibility index (Phi) is 2.52. The molecular formula is C11H13N3O2. The summed E-state index contributed by atoms with van der Waals surface area (Å²) < 4.78 is 0. The second-order valence-corrected chi connectivity index (χ2v) is 3.92. The molecule has 0 fully saturated rings. The fraction of sp³-hybridized carbons (Fsp3) is 0.273. The Morgan fingerprint density at radius 2 is 2.19 bits per heavy atom. The van der Waals surface area contributed by atoms with Gasteiger partial charge in [0.15, 0.2) is 0 Å². The van der Waals surface area contributed by atoms with Gasteiger partial charge in [-0.3, -0.25) is 9.59 Å². The molecule has 1 atom stereocenters. The van der Waals surface area contributed by atoms with Crippen molar-refractivity contribution in [2.75, 3.05) is 10.6 Å². The quantitative estimate of drug-likeness (QED) is 0.656. The van der Waals surface area contributed by atoms with Gasteiger partial charge in [0.25, 0.3) is 0 Å². The van der Waals surface area contributed by atoms with Crippen LogP contribution in [0.15, 0.2) is 18.2 Å². The van der Waals surface area contributed by atoms with Crippen molar-refractivity contribution in [2.45, 2.75) is 19.4 Å². The van der Waals surface area contributed by atoms with Crippen LogP contribution in [0.2, 0.25) is 0 Å². The first-order chi connectivity index (χ1) is 7.56. The third-order valence-electron chi connectivity index (χ3n) is 2.47. The average Bonchev–Trinajstić information content (AvgIpc) is 2.32. The lowest BCUT2D eigenvalue weighted by Crippen LogP contribution is -2.18. The minimum atomic E-state index is -0.505. The average molecular weight is 219 g/mol. The van der Waals surface area contributed by atoms with Crippen molar-refractivity contribution in [3.05, 3.63) is 23.8 Å². The lowest BCUT2D eigenvalue weighted by molar-refractivity contribution is -0.116. The Hall–Kier alpha value is -2.04. The number of nitrogens with two attached hydrogens (primary N) is 1. The molecule has 5 nitrogen and oxygen atoms in total. The van der Waals surface area contributed by atoms with Crippen LogP contribution < -0.4 is 16.4 Å². The van der Waals surface area contributed by atoms with Crippen molar-refractivity contribution in [3.8, 4) is 0 Å².